The van der Waals surface area contributed by atoms with Crippen LogP contribution in [0.5, 0.6) is 0 Å². The molecular weight excluding hydrogens is 275 g/mol. The number of carbonyl (C=O) groups is 1. The second-order valence-electron chi connectivity index (χ2n) is 3.57. The van der Waals surface area contributed by atoms with Crippen molar-refractivity contribution in [1.82, 2.24) is 0 Å². The Balaban J connectivity index is 2.85. The first-order valence-electron chi connectivity index (χ1n) is 5.10. The Morgan fingerprint density at radius 2 is 2.25 bits per heavy atom. The number of carbonyl (C=O) groups excluding carboxylic acids is 1. The number of hydrogen-bond acceptors (Lipinski definition) is 2. The maximum absolute atomic E-state index is 13.0. The van der Waals surface area contributed by atoms with Gasteiger partial charge in [0, 0.05) is 4.47 Å². The third-order valence-electron chi connectivity index (χ3n) is 2.50. The van der Waals surface area contributed by atoms with E-state index in [2.05, 4.69) is 15.9 Å². The SMILES string of the molecule is CCC(Cc1cc(F)ccc1Br)C(=O)OC. The Kier molecular flexibility index (Phi) is 4.93. The van der Waals surface area contributed by atoms with Crippen LogP contribution in [-0.2, 0) is 16.0 Å². The number of hydrogen-bond donors (Lipinski definition) is 0. The van der Waals surface area contributed by atoms with E-state index >= 15 is 0 Å². The van der Waals surface area contributed by atoms with Crippen LogP contribution in [0.1, 0.15) is 18.9 Å². The normalized spacial score (nSPS) is 12.2. The summed E-state index contributed by atoms with van der Waals surface area (Å²) in [6, 6.07) is 4.47. The summed E-state index contributed by atoms with van der Waals surface area (Å²) in [6.07, 6.45) is 1.16. The summed E-state index contributed by atoms with van der Waals surface area (Å²) in [6.45, 7) is 1.91. The van der Waals surface area contributed by atoms with Crippen LogP contribution in [0.2, 0.25) is 0 Å². The predicted molar refractivity (Wildman–Crippen MR) is 63.6 cm³/mol. The molecule has 1 aromatic rings. The van der Waals surface area contributed by atoms with Crippen molar-refractivity contribution in [2.24, 2.45) is 5.92 Å². The van der Waals surface area contributed by atoms with Gasteiger partial charge in [-0.15, -0.1) is 0 Å². The number of rotatable bonds is 4. The largest absolute Gasteiger partial charge is 0.469 e. The van der Waals surface area contributed by atoms with E-state index in [9.17, 15) is 9.18 Å². The van der Waals surface area contributed by atoms with Gasteiger partial charge in [0.1, 0.15) is 5.82 Å². The van der Waals surface area contributed by atoms with E-state index in [1.807, 2.05) is 6.92 Å². The van der Waals surface area contributed by atoms with Crippen molar-refractivity contribution in [3.8, 4) is 0 Å². The van der Waals surface area contributed by atoms with Crippen molar-refractivity contribution in [1.29, 1.82) is 0 Å². The average molecular weight is 289 g/mol. The zero-order chi connectivity index (χ0) is 12.1. The molecule has 1 aromatic carbocycles. The topological polar surface area (TPSA) is 26.3 Å². The Morgan fingerprint density at radius 1 is 1.56 bits per heavy atom. The van der Waals surface area contributed by atoms with Gasteiger partial charge in [0.25, 0.3) is 0 Å². The van der Waals surface area contributed by atoms with Crippen molar-refractivity contribution >= 4 is 21.9 Å². The van der Waals surface area contributed by atoms with Gasteiger partial charge in [-0.3, -0.25) is 4.79 Å². The van der Waals surface area contributed by atoms with Gasteiger partial charge < -0.3 is 4.74 Å². The van der Waals surface area contributed by atoms with Crippen LogP contribution in [0, 0.1) is 11.7 Å². The van der Waals surface area contributed by atoms with Gasteiger partial charge in [-0.05, 0) is 36.6 Å². The number of methoxy groups -OCH3 is 1. The van der Waals surface area contributed by atoms with Crippen LogP contribution < -0.4 is 0 Å². The standard InChI is InChI=1S/C12H14BrFO2/c1-3-8(12(15)16-2)6-9-7-10(14)4-5-11(9)13/h4-5,7-8H,3,6H2,1-2H3. The molecule has 2 nitrogen and oxygen atoms in total. The molecule has 0 fully saturated rings. The summed E-state index contributed by atoms with van der Waals surface area (Å²) >= 11 is 3.34. The van der Waals surface area contributed by atoms with Crippen molar-refractivity contribution in [3.05, 3.63) is 34.1 Å². The molecule has 0 radical (unpaired) electrons. The molecule has 0 N–H and O–H groups in total. The fraction of sp³-hybridized carbons (Fsp3) is 0.417. The van der Waals surface area contributed by atoms with E-state index in [0.29, 0.717) is 12.8 Å². The molecule has 1 unspecified atom stereocenters. The van der Waals surface area contributed by atoms with Gasteiger partial charge >= 0.3 is 5.97 Å². The number of halogens is 2. The number of esters is 1. The van der Waals surface area contributed by atoms with Gasteiger partial charge in [-0.2, -0.15) is 0 Å². The van der Waals surface area contributed by atoms with Gasteiger partial charge in [0.2, 0.25) is 0 Å². The Labute approximate surface area is 103 Å². The lowest BCUT2D eigenvalue weighted by Crippen LogP contribution is -2.18. The van der Waals surface area contributed by atoms with E-state index in [1.165, 1.54) is 19.2 Å². The second kappa shape index (κ2) is 5.99. The first-order valence-corrected chi connectivity index (χ1v) is 5.89. The molecule has 88 valence electrons. The van der Waals surface area contributed by atoms with Crippen molar-refractivity contribution in [3.63, 3.8) is 0 Å². The zero-order valence-corrected chi connectivity index (χ0v) is 10.9. The molecule has 0 spiro atoms. The molecule has 0 saturated carbocycles. The molecule has 0 aliphatic rings. The minimum atomic E-state index is -0.294. The zero-order valence-electron chi connectivity index (χ0n) is 9.30. The van der Waals surface area contributed by atoms with Crippen molar-refractivity contribution < 1.29 is 13.9 Å². The summed E-state index contributed by atoms with van der Waals surface area (Å²) < 4.78 is 18.6. The highest BCUT2D eigenvalue weighted by Gasteiger charge is 2.18. The van der Waals surface area contributed by atoms with Crippen LogP contribution in [0.25, 0.3) is 0 Å². The van der Waals surface area contributed by atoms with Crippen LogP contribution in [-0.4, -0.2) is 13.1 Å². The fourth-order valence-electron chi connectivity index (χ4n) is 1.53. The monoisotopic (exact) mass is 288 g/mol. The molecule has 0 aliphatic carbocycles. The van der Waals surface area contributed by atoms with Gasteiger partial charge in [-0.25, -0.2) is 4.39 Å². The van der Waals surface area contributed by atoms with E-state index < -0.39 is 0 Å². The molecule has 0 amide bonds. The lowest BCUT2D eigenvalue weighted by molar-refractivity contribution is -0.145. The molecule has 16 heavy (non-hydrogen) atoms. The fourth-order valence-corrected chi connectivity index (χ4v) is 1.93. The molecule has 0 heterocycles. The maximum atomic E-state index is 13.0. The third-order valence-corrected chi connectivity index (χ3v) is 3.28. The highest BCUT2D eigenvalue weighted by atomic mass is 79.9. The highest BCUT2D eigenvalue weighted by molar-refractivity contribution is 9.10. The van der Waals surface area contributed by atoms with Crippen molar-refractivity contribution in [2.45, 2.75) is 19.8 Å². The molecule has 4 heteroatoms. The minimum Gasteiger partial charge on any atom is -0.469 e. The first kappa shape index (κ1) is 13.2. The van der Waals surface area contributed by atoms with Crippen LogP contribution in [0.15, 0.2) is 22.7 Å². The maximum Gasteiger partial charge on any atom is 0.308 e. The van der Waals surface area contributed by atoms with Crippen LogP contribution in [0.4, 0.5) is 4.39 Å². The Bertz CT molecular complexity index is 379. The summed E-state index contributed by atoms with van der Waals surface area (Å²) in [4.78, 5) is 11.4. The Hall–Kier alpha value is -0.900. The first-order chi connectivity index (χ1) is 7.58. The summed E-state index contributed by atoms with van der Waals surface area (Å²) in [7, 11) is 1.37. The van der Waals surface area contributed by atoms with E-state index in [-0.39, 0.29) is 17.7 Å². The van der Waals surface area contributed by atoms with Gasteiger partial charge in [0.05, 0.1) is 13.0 Å². The molecule has 0 bridgehead atoms. The molecular formula is C12H14BrFO2. The lowest BCUT2D eigenvalue weighted by atomic mass is 9.97. The number of benzene rings is 1. The molecule has 0 aromatic heterocycles. The summed E-state index contributed by atoms with van der Waals surface area (Å²) in [5, 5.41) is 0. The number of ether oxygens (including phenoxy) is 1. The highest BCUT2D eigenvalue weighted by Crippen LogP contribution is 2.22. The quantitative estimate of drug-likeness (QED) is 0.795. The van der Waals surface area contributed by atoms with E-state index in [1.54, 1.807) is 6.07 Å². The predicted octanol–water partition coefficient (Wildman–Crippen LogP) is 3.33. The molecule has 1 atom stereocenters. The van der Waals surface area contributed by atoms with E-state index in [4.69, 9.17) is 4.74 Å². The average Bonchev–Trinajstić information content (AvgIpc) is 2.29. The summed E-state index contributed by atoms with van der Waals surface area (Å²) in [5.74, 6) is -0.764. The smallest absolute Gasteiger partial charge is 0.308 e. The van der Waals surface area contributed by atoms with Crippen LogP contribution in [0.3, 0.4) is 0 Å². The molecule has 0 aliphatic heterocycles. The van der Waals surface area contributed by atoms with Gasteiger partial charge in [-0.1, -0.05) is 22.9 Å². The molecule has 0 saturated heterocycles. The minimum absolute atomic E-state index is 0.219. The lowest BCUT2D eigenvalue weighted by Gasteiger charge is -2.13. The Morgan fingerprint density at radius 3 is 2.81 bits per heavy atom. The van der Waals surface area contributed by atoms with Gasteiger partial charge in [0.15, 0.2) is 0 Å². The second-order valence-corrected chi connectivity index (χ2v) is 4.42. The third kappa shape index (κ3) is 3.30. The van der Waals surface area contributed by atoms with E-state index in [0.717, 1.165) is 10.0 Å². The van der Waals surface area contributed by atoms with Crippen LogP contribution >= 0.6 is 15.9 Å². The summed E-state index contributed by atoms with van der Waals surface area (Å²) in [5.41, 5.74) is 0.789. The van der Waals surface area contributed by atoms with Crippen molar-refractivity contribution in [2.75, 3.05) is 7.11 Å². The molecule has 1 rings (SSSR count).